The fourth-order valence-corrected chi connectivity index (χ4v) is 1.95. The zero-order chi connectivity index (χ0) is 9.35. The minimum absolute atomic E-state index is 0.0907. The molecular formula is C6H7ClO4S. The molecule has 0 aromatic heterocycles. The lowest BCUT2D eigenvalue weighted by Gasteiger charge is -2.09. The molecule has 0 aliphatic heterocycles. The molecule has 1 aliphatic carbocycles. The number of aliphatic hydroxyl groups excluding tert-OH is 2. The average Bonchev–Trinajstić information content (AvgIpc) is 1.92. The average molecular weight is 211 g/mol. The highest BCUT2D eigenvalue weighted by atomic mass is 35.7. The van der Waals surface area contributed by atoms with E-state index in [-0.39, 0.29) is 24.4 Å². The van der Waals surface area contributed by atoms with Crippen LogP contribution in [-0.4, -0.2) is 18.6 Å². The predicted octanol–water partition coefficient (Wildman–Crippen LogP) is 1.56. The first-order chi connectivity index (χ1) is 5.41. The van der Waals surface area contributed by atoms with Crippen molar-refractivity contribution in [2.24, 2.45) is 0 Å². The summed E-state index contributed by atoms with van der Waals surface area (Å²) < 4.78 is 21.5. The standard InChI is InChI=1S/C6H7ClO4S/c7-12(10,11)6-3-4(8)1-2-5(6)9/h3,8-9H,1-2H2. The molecular weight excluding hydrogens is 204 g/mol. The molecule has 1 rings (SSSR count). The van der Waals surface area contributed by atoms with E-state index in [4.69, 9.17) is 20.9 Å². The van der Waals surface area contributed by atoms with E-state index >= 15 is 0 Å². The van der Waals surface area contributed by atoms with Gasteiger partial charge in [-0.15, -0.1) is 0 Å². The number of rotatable bonds is 1. The van der Waals surface area contributed by atoms with Crippen molar-refractivity contribution in [2.45, 2.75) is 12.8 Å². The molecule has 2 N–H and O–H groups in total. The second kappa shape index (κ2) is 2.99. The Labute approximate surface area is 74.2 Å². The van der Waals surface area contributed by atoms with Crippen LogP contribution in [0, 0.1) is 0 Å². The monoisotopic (exact) mass is 210 g/mol. The highest BCUT2D eigenvalue weighted by Gasteiger charge is 2.21. The van der Waals surface area contributed by atoms with Gasteiger partial charge in [0.05, 0.1) is 5.76 Å². The van der Waals surface area contributed by atoms with Crippen molar-refractivity contribution >= 4 is 19.7 Å². The molecule has 0 aromatic rings. The zero-order valence-electron chi connectivity index (χ0n) is 5.99. The van der Waals surface area contributed by atoms with Gasteiger partial charge in [-0.2, -0.15) is 0 Å². The molecule has 0 aromatic carbocycles. The van der Waals surface area contributed by atoms with Crippen molar-refractivity contribution in [3.05, 3.63) is 22.5 Å². The van der Waals surface area contributed by atoms with Crippen LogP contribution >= 0.6 is 10.7 Å². The van der Waals surface area contributed by atoms with Gasteiger partial charge in [0.15, 0.2) is 0 Å². The van der Waals surface area contributed by atoms with Crippen molar-refractivity contribution in [3.8, 4) is 0 Å². The first kappa shape index (κ1) is 9.41. The van der Waals surface area contributed by atoms with Gasteiger partial charge in [-0.1, -0.05) is 0 Å². The van der Waals surface area contributed by atoms with Gasteiger partial charge in [0.2, 0.25) is 0 Å². The van der Waals surface area contributed by atoms with Crippen LogP contribution in [-0.2, 0) is 9.05 Å². The molecule has 0 bridgehead atoms. The first-order valence-corrected chi connectivity index (χ1v) is 5.48. The van der Waals surface area contributed by atoms with Crippen molar-refractivity contribution in [2.75, 3.05) is 0 Å². The lowest BCUT2D eigenvalue weighted by atomic mass is 10.1. The number of allylic oxidation sites excluding steroid dienone is 3. The maximum absolute atomic E-state index is 10.7. The lowest BCUT2D eigenvalue weighted by molar-refractivity contribution is 0.341. The van der Waals surface area contributed by atoms with E-state index in [9.17, 15) is 8.42 Å². The normalized spacial score (nSPS) is 19.2. The number of hydrogen-bond acceptors (Lipinski definition) is 4. The summed E-state index contributed by atoms with van der Waals surface area (Å²) in [7, 11) is 1.03. The Morgan fingerprint density at radius 1 is 1.33 bits per heavy atom. The third kappa shape index (κ3) is 1.92. The fraction of sp³-hybridized carbons (Fsp3) is 0.333. The maximum atomic E-state index is 10.7. The molecule has 4 nitrogen and oxygen atoms in total. The van der Waals surface area contributed by atoms with E-state index in [0.29, 0.717) is 0 Å². The second-order valence-corrected chi connectivity index (χ2v) is 4.92. The van der Waals surface area contributed by atoms with E-state index in [1.807, 2.05) is 0 Å². The molecule has 0 saturated carbocycles. The number of aliphatic hydroxyl groups is 2. The van der Waals surface area contributed by atoms with Gasteiger partial charge in [0.1, 0.15) is 10.7 Å². The fourth-order valence-electron chi connectivity index (χ4n) is 0.888. The third-order valence-electron chi connectivity index (χ3n) is 1.46. The minimum Gasteiger partial charge on any atom is -0.512 e. The van der Waals surface area contributed by atoms with Gasteiger partial charge >= 0.3 is 0 Å². The summed E-state index contributed by atoms with van der Waals surface area (Å²) in [6.45, 7) is 0. The molecule has 0 spiro atoms. The van der Waals surface area contributed by atoms with Gasteiger partial charge in [0.25, 0.3) is 9.05 Å². The van der Waals surface area contributed by atoms with E-state index < -0.39 is 14.0 Å². The molecule has 6 heteroatoms. The smallest absolute Gasteiger partial charge is 0.264 e. The maximum Gasteiger partial charge on any atom is 0.264 e. The van der Waals surface area contributed by atoms with Crippen molar-refractivity contribution in [1.82, 2.24) is 0 Å². The van der Waals surface area contributed by atoms with E-state index in [1.165, 1.54) is 0 Å². The molecule has 68 valence electrons. The van der Waals surface area contributed by atoms with Crippen LogP contribution < -0.4 is 0 Å². The molecule has 0 amide bonds. The zero-order valence-corrected chi connectivity index (χ0v) is 7.56. The highest BCUT2D eigenvalue weighted by molar-refractivity contribution is 8.17. The molecule has 0 fully saturated rings. The topological polar surface area (TPSA) is 74.6 Å². The Morgan fingerprint density at radius 3 is 2.33 bits per heavy atom. The minimum atomic E-state index is -3.94. The van der Waals surface area contributed by atoms with Gasteiger partial charge in [-0.3, -0.25) is 0 Å². The molecule has 0 radical (unpaired) electrons. The van der Waals surface area contributed by atoms with Crippen LogP contribution in [0.1, 0.15) is 12.8 Å². The quantitative estimate of drug-likeness (QED) is 0.644. The summed E-state index contributed by atoms with van der Waals surface area (Å²) in [5.74, 6) is -0.394. The predicted molar refractivity (Wildman–Crippen MR) is 44.4 cm³/mol. The van der Waals surface area contributed by atoms with Crippen LogP contribution in [0.3, 0.4) is 0 Å². The van der Waals surface area contributed by atoms with E-state index in [1.54, 1.807) is 0 Å². The third-order valence-corrected chi connectivity index (χ3v) is 2.84. The summed E-state index contributed by atoms with van der Waals surface area (Å²) in [6, 6.07) is 0. The molecule has 12 heavy (non-hydrogen) atoms. The van der Waals surface area contributed by atoms with Gasteiger partial charge in [-0.25, -0.2) is 8.42 Å². The summed E-state index contributed by atoms with van der Waals surface area (Å²) in [6.07, 6.45) is 1.30. The van der Waals surface area contributed by atoms with Crippen LogP contribution in [0.15, 0.2) is 22.5 Å². The van der Waals surface area contributed by atoms with E-state index in [0.717, 1.165) is 6.08 Å². The van der Waals surface area contributed by atoms with Crippen LogP contribution in [0.25, 0.3) is 0 Å². The Kier molecular flexibility index (Phi) is 2.34. The van der Waals surface area contributed by atoms with E-state index in [2.05, 4.69) is 0 Å². The Hall–Kier alpha value is -0.680. The highest BCUT2D eigenvalue weighted by Crippen LogP contribution is 2.26. The van der Waals surface area contributed by atoms with Gasteiger partial charge < -0.3 is 10.2 Å². The molecule has 1 aliphatic rings. The largest absolute Gasteiger partial charge is 0.512 e. The first-order valence-electron chi connectivity index (χ1n) is 3.17. The molecule has 0 heterocycles. The summed E-state index contributed by atoms with van der Waals surface area (Å²) in [5, 5.41) is 18.0. The summed E-state index contributed by atoms with van der Waals surface area (Å²) in [5.41, 5.74) is 0. The van der Waals surface area contributed by atoms with Crippen molar-refractivity contribution in [1.29, 1.82) is 0 Å². The molecule has 0 atom stereocenters. The van der Waals surface area contributed by atoms with Crippen LogP contribution in [0.4, 0.5) is 0 Å². The van der Waals surface area contributed by atoms with Crippen LogP contribution in [0.2, 0.25) is 0 Å². The van der Waals surface area contributed by atoms with Crippen molar-refractivity contribution in [3.63, 3.8) is 0 Å². The lowest BCUT2D eigenvalue weighted by Crippen LogP contribution is -2.04. The Balaban J connectivity index is 3.19. The second-order valence-electron chi connectivity index (χ2n) is 2.38. The van der Waals surface area contributed by atoms with Gasteiger partial charge in [0, 0.05) is 23.5 Å². The Bertz CT molecular complexity index is 352. The summed E-state index contributed by atoms with van der Waals surface area (Å²) in [4.78, 5) is -0.409. The van der Waals surface area contributed by atoms with Crippen molar-refractivity contribution < 1.29 is 18.6 Å². The molecule has 0 saturated heterocycles. The summed E-state index contributed by atoms with van der Waals surface area (Å²) >= 11 is 0. The van der Waals surface area contributed by atoms with Gasteiger partial charge in [-0.05, 0) is 6.08 Å². The SMILES string of the molecule is O=S(=O)(Cl)C1=C(O)CCC(O)=C1. The Morgan fingerprint density at radius 2 is 1.92 bits per heavy atom. The molecule has 0 unspecified atom stereocenters. The van der Waals surface area contributed by atoms with Crippen LogP contribution in [0.5, 0.6) is 0 Å². The number of hydrogen-bond donors (Lipinski definition) is 2. The number of halogens is 1.